The second kappa shape index (κ2) is 7.32. The zero-order valence-corrected chi connectivity index (χ0v) is 16.4. The third-order valence-electron chi connectivity index (χ3n) is 6.50. The highest BCUT2D eigenvalue weighted by atomic mass is 19.1. The summed E-state index contributed by atoms with van der Waals surface area (Å²) in [6, 6.07) is 10.9. The molecule has 0 N–H and O–H groups in total. The van der Waals surface area contributed by atoms with Crippen LogP contribution < -0.4 is 4.90 Å². The number of pyridine rings is 1. The summed E-state index contributed by atoms with van der Waals surface area (Å²) in [6.45, 7) is 1.36. The Kier molecular flexibility index (Phi) is 4.97. The third kappa shape index (κ3) is 3.45. The van der Waals surface area contributed by atoms with Crippen LogP contribution >= 0.6 is 0 Å². The molecule has 0 bridgehead atoms. The quantitative estimate of drug-likeness (QED) is 0.699. The molecular weight excluding hydrogens is 374 g/mol. The molecule has 2 aromatic rings. The number of rotatable bonds is 4. The van der Waals surface area contributed by atoms with Gasteiger partial charge in [-0.15, -0.1) is 0 Å². The molecule has 1 aliphatic carbocycles. The average molecular weight is 398 g/mol. The molecule has 4 rings (SSSR count). The highest BCUT2D eigenvalue weighted by molar-refractivity contribution is 6.01. The molecule has 3 unspecified atom stereocenters. The van der Waals surface area contributed by atoms with Gasteiger partial charge in [-0.05, 0) is 62.4 Å². The standard InChI is InChI=1S/C23H24F2N2O2/c1-22(25)15-27(18-8-4-7-17(24)13-18)21(29)23(22)10-5-6-16(14-23)12-20(28)19-9-2-3-11-26-19/h2-4,7-9,11,13,16H,5-6,10,12,14-15H2,1H3. The number of ketones is 1. The number of hydrogen-bond donors (Lipinski definition) is 0. The Balaban J connectivity index is 1.57. The summed E-state index contributed by atoms with van der Waals surface area (Å²) in [6.07, 6.45) is 4.06. The second-order valence-electron chi connectivity index (χ2n) is 8.46. The number of alkyl halides is 1. The molecule has 1 saturated heterocycles. The Morgan fingerprint density at radius 2 is 2.10 bits per heavy atom. The Morgan fingerprint density at radius 3 is 2.83 bits per heavy atom. The molecule has 152 valence electrons. The third-order valence-corrected chi connectivity index (χ3v) is 6.50. The van der Waals surface area contributed by atoms with Gasteiger partial charge < -0.3 is 4.90 Å². The molecule has 1 aromatic carbocycles. The first-order valence-corrected chi connectivity index (χ1v) is 10.0. The summed E-state index contributed by atoms with van der Waals surface area (Å²) < 4.78 is 29.5. The van der Waals surface area contributed by atoms with Crippen molar-refractivity contribution in [1.82, 2.24) is 4.98 Å². The van der Waals surface area contributed by atoms with Gasteiger partial charge in [0.05, 0.1) is 12.0 Å². The van der Waals surface area contributed by atoms with Crippen LogP contribution in [0.2, 0.25) is 0 Å². The maximum Gasteiger partial charge on any atom is 0.236 e. The van der Waals surface area contributed by atoms with E-state index in [-0.39, 0.29) is 30.6 Å². The van der Waals surface area contributed by atoms with Gasteiger partial charge in [-0.2, -0.15) is 0 Å². The van der Waals surface area contributed by atoms with Crippen molar-refractivity contribution in [3.8, 4) is 0 Å². The molecule has 1 aliphatic heterocycles. The van der Waals surface area contributed by atoms with Gasteiger partial charge in [-0.1, -0.05) is 18.6 Å². The van der Waals surface area contributed by atoms with E-state index in [0.29, 0.717) is 30.6 Å². The summed E-state index contributed by atoms with van der Waals surface area (Å²) in [5.74, 6) is -0.923. The molecule has 1 amide bonds. The first-order valence-electron chi connectivity index (χ1n) is 10.0. The van der Waals surface area contributed by atoms with E-state index < -0.39 is 16.9 Å². The van der Waals surface area contributed by atoms with Crippen molar-refractivity contribution in [2.24, 2.45) is 11.3 Å². The Hall–Kier alpha value is -2.63. The first kappa shape index (κ1) is 19.7. The van der Waals surface area contributed by atoms with Crippen LogP contribution in [0.15, 0.2) is 48.7 Å². The SMILES string of the molecule is CC1(F)CN(c2cccc(F)c2)C(=O)C12CCCC(CC(=O)c1ccccn1)C2. The number of hydrogen-bond acceptors (Lipinski definition) is 3. The van der Waals surface area contributed by atoms with E-state index in [0.717, 1.165) is 6.42 Å². The van der Waals surface area contributed by atoms with Crippen LogP contribution in [0, 0.1) is 17.2 Å². The molecule has 1 aromatic heterocycles. The Morgan fingerprint density at radius 1 is 1.28 bits per heavy atom. The van der Waals surface area contributed by atoms with Crippen molar-refractivity contribution in [3.63, 3.8) is 0 Å². The molecule has 3 atom stereocenters. The molecular formula is C23H24F2N2O2. The van der Waals surface area contributed by atoms with Gasteiger partial charge in [0.15, 0.2) is 5.78 Å². The normalized spacial score (nSPS) is 29.4. The minimum absolute atomic E-state index is 0.0789. The maximum absolute atomic E-state index is 15.8. The van der Waals surface area contributed by atoms with Crippen LogP contribution in [-0.2, 0) is 4.79 Å². The van der Waals surface area contributed by atoms with E-state index in [2.05, 4.69) is 4.98 Å². The lowest BCUT2D eigenvalue weighted by atomic mass is 9.62. The molecule has 2 fully saturated rings. The molecule has 6 heteroatoms. The predicted octanol–water partition coefficient (Wildman–Crippen LogP) is 4.75. The van der Waals surface area contributed by atoms with Crippen LogP contribution in [0.25, 0.3) is 0 Å². The van der Waals surface area contributed by atoms with E-state index in [1.54, 1.807) is 30.5 Å². The van der Waals surface area contributed by atoms with Crippen molar-refractivity contribution in [1.29, 1.82) is 0 Å². The van der Waals surface area contributed by atoms with Gasteiger partial charge in [0.25, 0.3) is 0 Å². The van der Waals surface area contributed by atoms with Crippen molar-refractivity contribution >= 4 is 17.4 Å². The lowest BCUT2D eigenvalue weighted by Crippen LogP contribution is -2.47. The average Bonchev–Trinajstić information content (AvgIpc) is 2.89. The molecule has 0 radical (unpaired) electrons. The number of amides is 1. The molecule has 1 spiro atoms. The van der Waals surface area contributed by atoms with Gasteiger partial charge >= 0.3 is 0 Å². The van der Waals surface area contributed by atoms with E-state index in [1.807, 2.05) is 0 Å². The fourth-order valence-corrected chi connectivity index (χ4v) is 4.98. The number of anilines is 1. The Bertz CT molecular complexity index is 931. The van der Waals surface area contributed by atoms with E-state index >= 15 is 4.39 Å². The number of nitrogens with zero attached hydrogens (tertiary/aromatic N) is 2. The van der Waals surface area contributed by atoms with Gasteiger partial charge in [-0.25, -0.2) is 8.78 Å². The van der Waals surface area contributed by atoms with Gasteiger partial charge in [-0.3, -0.25) is 14.6 Å². The number of carbonyl (C=O) groups is 2. The van der Waals surface area contributed by atoms with Gasteiger partial charge in [0.2, 0.25) is 5.91 Å². The lowest BCUT2D eigenvalue weighted by Gasteiger charge is -2.41. The minimum Gasteiger partial charge on any atom is -0.308 e. The van der Waals surface area contributed by atoms with Crippen molar-refractivity contribution in [3.05, 3.63) is 60.2 Å². The topological polar surface area (TPSA) is 50.3 Å². The number of benzene rings is 1. The number of aromatic nitrogens is 1. The largest absolute Gasteiger partial charge is 0.308 e. The van der Waals surface area contributed by atoms with Crippen LogP contribution in [0.1, 0.15) is 49.5 Å². The molecule has 4 nitrogen and oxygen atoms in total. The van der Waals surface area contributed by atoms with Gasteiger partial charge in [0, 0.05) is 18.3 Å². The smallest absolute Gasteiger partial charge is 0.236 e. The first-order chi connectivity index (χ1) is 13.8. The zero-order chi connectivity index (χ0) is 20.6. The summed E-state index contributed by atoms with van der Waals surface area (Å²) in [5.41, 5.74) is -2.15. The van der Waals surface area contributed by atoms with Crippen LogP contribution in [0.3, 0.4) is 0 Å². The van der Waals surface area contributed by atoms with E-state index in [9.17, 15) is 14.0 Å². The Labute approximate surface area is 168 Å². The monoisotopic (exact) mass is 398 g/mol. The van der Waals surface area contributed by atoms with Crippen molar-refractivity contribution in [2.45, 2.75) is 44.7 Å². The molecule has 1 saturated carbocycles. The maximum atomic E-state index is 15.8. The van der Waals surface area contributed by atoms with Crippen LogP contribution in [0.4, 0.5) is 14.5 Å². The van der Waals surface area contributed by atoms with E-state index in [1.165, 1.54) is 30.0 Å². The summed E-state index contributed by atoms with van der Waals surface area (Å²) in [5, 5.41) is 0. The second-order valence-corrected chi connectivity index (χ2v) is 8.46. The van der Waals surface area contributed by atoms with Crippen molar-refractivity contribution < 1.29 is 18.4 Å². The molecule has 2 heterocycles. The fraction of sp³-hybridized carbons (Fsp3) is 0.435. The van der Waals surface area contributed by atoms with E-state index in [4.69, 9.17) is 0 Å². The molecule has 29 heavy (non-hydrogen) atoms. The predicted molar refractivity (Wildman–Crippen MR) is 106 cm³/mol. The lowest BCUT2D eigenvalue weighted by molar-refractivity contribution is -0.134. The summed E-state index contributed by atoms with van der Waals surface area (Å²) >= 11 is 0. The highest BCUT2D eigenvalue weighted by Gasteiger charge is 2.63. The summed E-state index contributed by atoms with van der Waals surface area (Å²) in [4.78, 5) is 31.4. The number of carbonyl (C=O) groups excluding carboxylic acids is 2. The summed E-state index contributed by atoms with van der Waals surface area (Å²) in [7, 11) is 0. The number of Topliss-reactive ketones (excluding diaryl/α,β-unsaturated/α-hetero) is 1. The minimum atomic E-state index is -1.75. The van der Waals surface area contributed by atoms with Crippen LogP contribution in [0.5, 0.6) is 0 Å². The number of halogens is 2. The fourth-order valence-electron chi connectivity index (χ4n) is 4.98. The van der Waals surface area contributed by atoms with Crippen molar-refractivity contribution in [2.75, 3.05) is 11.4 Å². The van der Waals surface area contributed by atoms with Crippen LogP contribution in [-0.4, -0.2) is 28.9 Å². The van der Waals surface area contributed by atoms with Gasteiger partial charge in [0.1, 0.15) is 17.2 Å². The zero-order valence-electron chi connectivity index (χ0n) is 16.4. The highest BCUT2D eigenvalue weighted by Crippen LogP contribution is 2.55. The molecule has 2 aliphatic rings.